The van der Waals surface area contributed by atoms with Crippen LogP contribution in [0.1, 0.15) is 16.1 Å². The average molecular weight is 289 g/mol. The van der Waals surface area contributed by atoms with Crippen molar-refractivity contribution in [1.82, 2.24) is 5.32 Å². The van der Waals surface area contributed by atoms with E-state index in [9.17, 15) is 9.59 Å². The molecule has 110 valence electrons. The van der Waals surface area contributed by atoms with Crippen LogP contribution in [0.2, 0.25) is 0 Å². The van der Waals surface area contributed by atoms with Crippen LogP contribution < -0.4 is 10.1 Å². The first kappa shape index (κ1) is 14.6. The molecule has 0 bridgehead atoms. The highest BCUT2D eigenvalue weighted by atomic mass is 16.5. The fraction of sp³-hybridized carbons (Fsp3) is 0.200. The third-order valence-corrected chi connectivity index (χ3v) is 2.68. The number of carbonyl (C=O) groups is 2. The van der Waals surface area contributed by atoms with Gasteiger partial charge < -0.3 is 19.2 Å². The molecule has 0 radical (unpaired) electrons. The van der Waals surface area contributed by atoms with Crippen LogP contribution in [0.25, 0.3) is 0 Å². The molecule has 0 spiro atoms. The molecular weight excluding hydrogens is 274 g/mol. The minimum Gasteiger partial charge on any atom is -0.497 e. The standard InChI is InChI=1S/C15H15NO5/c1-19-12-5-2-4-11(8-12)9-16-14(17)10-21-15(18)13-6-3-7-20-13/h2-8H,9-10H2,1H3,(H,16,17). The van der Waals surface area contributed by atoms with Gasteiger partial charge in [0.15, 0.2) is 6.61 Å². The van der Waals surface area contributed by atoms with E-state index in [1.165, 1.54) is 12.3 Å². The predicted octanol–water partition coefficient (Wildman–Crippen LogP) is 1.76. The van der Waals surface area contributed by atoms with Gasteiger partial charge in [-0.3, -0.25) is 4.79 Å². The number of amides is 1. The Balaban J connectivity index is 1.75. The van der Waals surface area contributed by atoms with E-state index in [1.807, 2.05) is 24.3 Å². The zero-order chi connectivity index (χ0) is 15.1. The molecule has 1 N–H and O–H groups in total. The molecule has 1 heterocycles. The van der Waals surface area contributed by atoms with E-state index >= 15 is 0 Å². The van der Waals surface area contributed by atoms with Crippen molar-refractivity contribution < 1.29 is 23.5 Å². The van der Waals surface area contributed by atoms with Crippen molar-refractivity contribution in [2.24, 2.45) is 0 Å². The van der Waals surface area contributed by atoms with Crippen molar-refractivity contribution in [1.29, 1.82) is 0 Å². The number of ether oxygens (including phenoxy) is 2. The smallest absolute Gasteiger partial charge is 0.374 e. The maximum Gasteiger partial charge on any atom is 0.374 e. The van der Waals surface area contributed by atoms with Gasteiger partial charge in [-0.05, 0) is 29.8 Å². The molecule has 1 aromatic carbocycles. The van der Waals surface area contributed by atoms with E-state index in [2.05, 4.69) is 5.32 Å². The molecule has 2 rings (SSSR count). The minimum absolute atomic E-state index is 0.0654. The molecule has 1 amide bonds. The van der Waals surface area contributed by atoms with E-state index in [0.29, 0.717) is 12.3 Å². The molecule has 6 nitrogen and oxygen atoms in total. The first-order valence-electron chi connectivity index (χ1n) is 6.29. The van der Waals surface area contributed by atoms with Crippen molar-refractivity contribution in [3.63, 3.8) is 0 Å². The second-order valence-electron chi connectivity index (χ2n) is 4.18. The van der Waals surface area contributed by atoms with Crippen LogP contribution in [0.15, 0.2) is 47.1 Å². The van der Waals surface area contributed by atoms with Gasteiger partial charge in [0.2, 0.25) is 5.76 Å². The third kappa shape index (κ3) is 4.38. The Morgan fingerprint density at radius 3 is 2.81 bits per heavy atom. The monoisotopic (exact) mass is 289 g/mol. The fourth-order valence-corrected chi connectivity index (χ4v) is 1.63. The Kier molecular flexibility index (Phi) is 4.98. The zero-order valence-electron chi connectivity index (χ0n) is 11.5. The predicted molar refractivity (Wildman–Crippen MR) is 73.8 cm³/mol. The normalized spacial score (nSPS) is 9.95. The van der Waals surface area contributed by atoms with E-state index in [1.54, 1.807) is 13.2 Å². The second kappa shape index (κ2) is 7.14. The van der Waals surface area contributed by atoms with Gasteiger partial charge in [-0.2, -0.15) is 0 Å². The minimum atomic E-state index is -0.670. The number of methoxy groups -OCH3 is 1. The van der Waals surface area contributed by atoms with E-state index < -0.39 is 11.9 Å². The van der Waals surface area contributed by atoms with Crippen molar-refractivity contribution in [3.8, 4) is 5.75 Å². The van der Waals surface area contributed by atoms with Gasteiger partial charge in [0.1, 0.15) is 5.75 Å². The largest absolute Gasteiger partial charge is 0.497 e. The number of carbonyl (C=O) groups excluding carboxylic acids is 2. The lowest BCUT2D eigenvalue weighted by Crippen LogP contribution is -2.28. The van der Waals surface area contributed by atoms with Gasteiger partial charge in [0, 0.05) is 6.54 Å². The molecule has 0 aliphatic heterocycles. The van der Waals surface area contributed by atoms with E-state index in [0.717, 1.165) is 5.56 Å². The number of furan rings is 1. The fourth-order valence-electron chi connectivity index (χ4n) is 1.63. The summed E-state index contributed by atoms with van der Waals surface area (Å²) in [5.41, 5.74) is 0.889. The highest BCUT2D eigenvalue weighted by Gasteiger charge is 2.12. The topological polar surface area (TPSA) is 77.8 Å². The molecule has 2 aromatic rings. The highest BCUT2D eigenvalue weighted by Crippen LogP contribution is 2.12. The first-order valence-corrected chi connectivity index (χ1v) is 6.29. The van der Waals surface area contributed by atoms with Crippen LogP contribution in [0.3, 0.4) is 0 Å². The highest BCUT2D eigenvalue weighted by molar-refractivity contribution is 5.88. The molecule has 0 saturated carbocycles. The molecular formula is C15H15NO5. The summed E-state index contributed by atoms with van der Waals surface area (Å²) in [5, 5.41) is 2.65. The number of hydrogen-bond acceptors (Lipinski definition) is 5. The van der Waals surface area contributed by atoms with Crippen molar-refractivity contribution in [2.75, 3.05) is 13.7 Å². The second-order valence-corrected chi connectivity index (χ2v) is 4.18. The van der Waals surface area contributed by atoms with Crippen LogP contribution in [0.4, 0.5) is 0 Å². The van der Waals surface area contributed by atoms with Gasteiger partial charge in [0.05, 0.1) is 13.4 Å². The van der Waals surface area contributed by atoms with Crippen LogP contribution in [0.5, 0.6) is 5.75 Å². The SMILES string of the molecule is COc1cccc(CNC(=O)COC(=O)c2ccco2)c1. The average Bonchev–Trinajstić information content (AvgIpc) is 3.05. The summed E-state index contributed by atoms with van der Waals surface area (Å²) in [6.07, 6.45) is 1.36. The molecule has 6 heteroatoms. The molecule has 0 unspecified atom stereocenters. The summed E-state index contributed by atoms with van der Waals surface area (Å²) in [6.45, 7) is -0.0299. The number of rotatable bonds is 6. The van der Waals surface area contributed by atoms with E-state index in [-0.39, 0.29) is 12.4 Å². The summed E-state index contributed by atoms with van der Waals surface area (Å²) < 4.78 is 14.8. The quantitative estimate of drug-likeness (QED) is 0.820. The maximum atomic E-state index is 11.6. The summed E-state index contributed by atoms with van der Waals surface area (Å²) in [4.78, 5) is 23.1. The summed E-state index contributed by atoms with van der Waals surface area (Å²) in [7, 11) is 1.58. The van der Waals surface area contributed by atoms with Crippen molar-refractivity contribution in [3.05, 3.63) is 54.0 Å². The lowest BCUT2D eigenvalue weighted by Gasteiger charge is -2.07. The summed E-state index contributed by atoms with van der Waals surface area (Å²) in [5.74, 6) is -0.282. The number of esters is 1. The number of nitrogens with one attached hydrogen (secondary N) is 1. The van der Waals surface area contributed by atoms with Crippen LogP contribution in [0, 0.1) is 0 Å². The lowest BCUT2D eigenvalue weighted by atomic mass is 10.2. The molecule has 0 saturated heterocycles. The zero-order valence-corrected chi connectivity index (χ0v) is 11.5. The maximum absolute atomic E-state index is 11.6. The Labute approximate surface area is 121 Å². The van der Waals surface area contributed by atoms with Gasteiger partial charge >= 0.3 is 5.97 Å². The molecule has 21 heavy (non-hydrogen) atoms. The van der Waals surface area contributed by atoms with Crippen LogP contribution in [-0.2, 0) is 16.1 Å². The Bertz CT molecular complexity index is 606. The van der Waals surface area contributed by atoms with Gasteiger partial charge in [-0.15, -0.1) is 0 Å². The Morgan fingerprint density at radius 1 is 1.24 bits per heavy atom. The Morgan fingerprint density at radius 2 is 2.10 bits per heavy atom. The van der Waals surface area contributed by atoms with Gasteiger partial charge in [-0.25, -0.2) is 4.79 Å². The van der Waals surface area contributed by atoms with Crippen LogP contribution in [-0.4, -0.2) is 25.6 Å². The number of hydrogen-bond donors (Lipinski definition) is 1. The molecule has 0 aliphatic rings. The van der Waals surface area contributed by atoms with Crippen molar-refractivity contribution in [2.45, 2.75) is 6.54 Å². The summed E-state index contributed by atoms with van der Waals surface area (Å²) in [6, 6.07) is 10.4. The molecule has 0 fully saturated rings. The van der Waals surface area contributed by atoms with E-state index in [4.69, 9.17) is 13.9 Å². The third-order valence-electron chi connectivity index (χ3n) is 2.68. The molecule has 0 aliphatic carbocycles. The Hall–Kier alpha value is -2.76. The van der Waals surface area contributed by atoms with Crippen molar-refractivity contribution >= 4 is 11.9 Å². The van der Waals surface area contributed by atoms with Gasteiger partial charge in [-0.1, -0.05) is 12.1 Å². The summed E-state index contributed by atoms with van der Waals surface area (Å²) >= 11 is 0. The first-order chi connectivity index (χ1) is 10.2. The lowest BCUT2D eigenvalue weighted by molar-refractivity contribution is -0.124. The van der Waals surface area contributed by atoms with Gasteiger partial charge in [0.25, 0.3) is 5.91 Å². The molecule has 1 aromatic heterocycles. The number of benzene rings is 1. The molecule has 0 atom stereocenters. The van der Waals surface area contributed by atoms with Crippen LogP contribution >= 0.6 is 0 Å².